The lowest BCUT2D eigenvalue weighted by atomic mass is 10.1. The summed E-state index contributed by atoms with van der Waals surface area (Å²) in [6.07, 6.45) is 3.57. The van der Waals surface area contributed by atoms with Crippen LogP contribution in [0.3, 0.4) is 0 Å². The number of carboxylic acids is 1. The van der Waals surface area contributed by atoms with Gasteiger partial charge in [-0.2, -0.15) is 0 Å². The molecule has 0 bridgehead atoms. The van der Waals surface area contributed by atoms with Crippen LogP contribution in [0.2, 0.25) is 0 Å². The lowest BCUT2D eigenvalue weighted by Gasteiger charge is -2.12. The highest BCUT2D eigenvalue weighted by atomic mass is 32.2. The molecule has 0 saturated carbocycles. The van der Waals surface area contributed by atoms with Crippen molar-refractivity contribution in [2.24, 2.45) is 7.05 Å². The van der Waals surface area contributed by atoms with Gasteiger partial charge in [-0.3, -0.25) is 9.40 Å². The molecule has 1 aliphatic rings. The summed E-state index contributed by atoms with van der Waals surface area (Å²) in [5.74, 6) is -1.01. The van der Waals surface area contributed by atoms with Crippen molar-refractivity contribution in [3.05, 3.63) is 35.0 Å². The number of hydrogen-bond acceptors (Lipinski definition) is 5. The third-order valence-corrected chi connectivity index (χ3v) is 5.38. The standard InChI is InChI=1S/C15H17N3O5S/c1-18-8-12(14(16-18)23-2)17-24(21,22)13-7-10(15(19)20)6-9-4-3-5-11(9)13/h6-8,17H,3-5H2,1-2H3,(H,19,20). The van der Waals surface area contributed by atoms with Gasteiger partial charge in [0.05, 0.1) is 23.8 Å². The van der Waals surface area contributed by atoms with Crippen molar-refractivity contribution in [1.82, 2.24) is 9.78 Å². The highest BCUT2D eigenvalue weighted by Crippen LogP contribution is 2.32. The molecule has 3 rings (SSSR count). The van der Waals surface area contributed by atoms with Crippen LogP contribution in [0, 0.1) is 0 Å². The third kappa shape index (κ3) is 2.82. The van der Waals surface area contributed by atoms with Gasteiger partial charge in [-0.25, -0.2) is 13.2 Å². The number of hydrogen-bond donors (Lipinski definition) is 2. The van der Waals surface area contributed by atoms with E-state index in [1.807, 2.05) is 0 Å². The summed E-state index contributed by atoms with van der Waals surface area (Å²) in [4.78, 5) is 11.3. The molecule has 1 aromatic heterocycles. The Morgan fingerprint density at radius 1 is 1.38 bits per heavy atom. The molecule has 1 aliphatic carbocycles. The molecule has 24 heavy (non-hydrogen) atoms. The first kappa shape index (κ1) is 16.3. The van der Waals surface area contributed by atoms with Crippen LogP contribution < -0.4 is 9.46 Å². The van der Waals surface area contributed by atoms with Gasteiger partial charge >= 0.3 is 5.97 Å². The lowest BCUT2D eigenvalue weighted by molar-refractivity contribution is 0.0696. The smallest absolute Gasteiger partial charge is 0.335 e. The van der Waals surface area contributed by atoms with Gasteiger partial charge in [0.15, 0.2) is 0 Å². The molecule has 1 aromatic carbocycles. The van der Waals surface area contributed by atoms with E-state index in [0.29, 0.717) is 18.4 Å². The van der Waals surface area contributed by atoms with Crippen LogP contribution in [0.15, 0.2) is 23.2 Å². The van der Waals surface area contributed by atoms with Gasteiger partial charge in [-0.1, -0.05) is 0 Å². The minimum Gasteiger partial charge on any atom is -0.478 e. The topological polar surface area (TPSA) is 111 Å². The first-order valence-corrected chi connectivity index (χ1v) is 8.79. The van der Waals surface area contributed by atoms with E-state index in [1.165, 1.54) is 24.1 Å². The van der Waals surface area contributed by atoms with Crippen molar-refractivity contribution >= 4 is 21.7 Å². The maximum atomic E-state index is 12.8. The largest absolute Gasteiger partial charge is 0.478 e. The Morgan fingerprint density at radius 2 is 2.12 bits per heavy atom. The number of sulfonamides is 1. The average molecular weight is 351 g/mol. The fourth-order valence-corrected chi connectivity index (χ4v) is 4.30. The predicted octanol–water partition coefficient (Wildman–Crippen LogP) is 1.42. The van der Waals surface area contributed by atoms with E-state index in [1.54, 1.807) is 13.1 Å². The van der Waals surface area contributed by atoms with Gasteiger partial charge < -0.3 is 9.84 Å². The number of aromatic carboxylic acids is 1. The number of methoxy groups -OCH3 is 1. The highest BCUT2D eigenvalue weighted by molar-refractivity contribution is 7.92. The zero-order valence-corrected chi connectivity index (χ0v) is 14.1. The van der Waals surface area contributed by atoms with E-state index in [2.05, 4.69) is 9.82 Å². The fourth-order valence-electron chi connectivity index (χ4n) is 2.92. The van der Waals surface area contributed by atoms with Crippen LogP contribution in [-0.4, -0.2) is 36.4 Å². The first-order valence-electron chi connectivity index (χ1n) is 7.31. The molecule has 0 unspecified atom stereocenters. The van der Waals surface area contributed by atoms with Crippen LogP contribution in [0.5, 0.6) is 5.88 Å². The number of nitrogens with zero attached hydrogens (tertiary/aromatic N) is 2. The summed E-state index contributed by atoms with van der Waals surface area (Å²) in [7, 11) is -0.927. The Bertz CT molecular complexity index is 917. The number of carbonyl (C=O) groups is 1. The molecular formula is C15H17N3O5S. The minimum atomic E-state index is -3.96. The van der Waals surface area contributed by atoms with Crippen LogP contribution in [-0.2, 0) is 29.9 Å². The van der Waals surface area contributed by atoms with Gasteiger partial charge in [-0.05, 0) is 42.5 Å². The third-order valence-electron chi connectivity index (χ3n) is 3.94. The number of benzene rings is 1. The number of ether oxygens (including phenoxy) is 1. The molecule has 2 aromatic rings. The number of carboxylic acid groups (broad SMARTS) is 1. The zero-order valence-electron chi connectivity index (χ0n) is 13.2. The highest BCUT2D eigenvalue weighted by Gasteiger charge is 2.27. The second kappa shape index (κ2) is 5.82. The fraction of sp³-hybridized carbons (Fsp3) is 0.333. The SMILES string of the molecule is COc1nn(C)cc1NS(=O)(=O)c1cc(C(=O)O)cc2c1CCC2. The van der Waals surface area contributed by atoms with Crippen molar-refractivity contribution < 1.29 is 23.1 Å². The molecule has 9 heteroatoms. The Labute approximate surface area is 139 Å². The van der Waals surface area contributed by atoms with Crippen molar-refractivity contribution in [3.63, 3.8) is 0 Å². The maximum absolute atomic E-state index is 12.8. The van der Waals surface area contributed by atoms with Crippen LogP contribution in [0.4, 0.5) is 5.69 Å². The van der Waals surface area contributed by atoms with Crippen molar-refractivity contribution in [1.29, 1.82) is 0 Å². The number of anilines is 1. The maximum Gasteiger partial charge on any atom is 0.335 e. The number of fused-ring (bicyclic) bond motifs is 1. The summed E-state index contributed by atoms with van der Waals surface area (Å²) in [5, 5.41) is 13.2. The number of aryl methyl sites for hydroxylation is 2. The Hall–Kier alpha value is -2.55. The Kier molecular flexibility index (Phi) is 3.96. The average Bonchev–Trinajstić information content (AvgIpc) is 3.11. The number of rotatable bonds is 5. The summed E-state index contributed by atoms with van der Waals surface area (Å²) in [6.45, 7) is 0. The van der Waals surface area contributed by atoms with E-state index in [0.717, 1.165) is 12.0 Å². The molecule has 0 spiro atoms. The quantitative estimate of drug-likeness (QED) is 0.843. The minimum absolute atomic E-state index is 0.000746. The predicted molar refractivity (Wildman–Crippen MR) is 86.0 cm³/mol. The Morgan fingerprint density at radius 3 is 2.79 bits per heavy atom. The molecule has 0 saturated heterocycles. The second-order valence-electron chi connectivity index (χ2n) is 5.60. The normalized spacial score (nSPS) is 13.6. The van der Waals surface area contributed by atoms with E-state index in [-0.39, 0.29) is 22.0 Å². The molecule has 0 amide bonds. The molecule has 0 radical (unpaired) electrons. The molecule has 0 aliphatic heterocycles. The lowest BCUT2D eigenvalue weighted by Crippen LogP contribution is -2.16. The first-order chi connectivity index (χ1) is 11.3. The summed E-state index contributed by atoms with van der Waals surface area (Å²) in [6, 6.07) is 2.76. The van der Waals surface area contributed by atoms with Crippen molar-refractivity contribution in [2.45, 2.75) is 24.2 Å². The number of nitrogens with one attached hydrogen (secondary N) is 1. The van der Waals surface area contributed by atoms with Crippen molar-refractivity contribution in [3.8, 4) is 5.88 Å². The van der Waals surface area contributed by atoms with Crippen LogP contribution in [0.1, 0.15) is 27.9 Å². The second-order valence-corrected chi connectivity index (χ2v) is 7.25. The molecule has 2 N–H and O–H groups in total. The molecule has 0 atom stereocenters. The van der Waals surface area contributed by atoms with Crippen LogP contribution in [0.25, 0.3) is 0 Å². The van der Waals surface area contributed by atoms with Gasteiger partial charge in [-0.15, -0.1) is 5.10 Å². The van der Waals surface area contributed by atoms with Crippen molar-refractivity contribution in [2.75, 3.05) is 11.8 Å². The molecule has 1 heterocycles. The number of aromatic nitrogens is 2. The van der Waals surface area contributed by atoms with E-state index < -0.39 is 16.0 Å². The van der Waals surface area contributed by atoms with Crippen LogP contribution >= 0.6 is 0 Å². The summed E-state index contributed by atoms with van der Waals surface area (Å²) in [5.41, 5.74) is 1.62. The van der Waals surface area contributed by atoms with Gasteiger partial charge in [0.25, 0.3) is 15.9 Å². The molecule has 8 nitrogen and oxygen atoms in total. The van der Waals surface area contributed by atoms with Gasteiger partial charge in [0.1, 0.15) is 5.69 Å². The molecule has 128 valence electrons. The summed E-state index contributed by atoms with van der Waals surface area (Å²) < 4.78 is 34.6. The van der Waals surface area contributed by atoms with Gasteiger partial charge in [0, 0.05) is 7.05 Å². The van der Waals surface area contributed by atoms with E-state index >= 15 is 0 Å². The zero-order chi connectivity index (χ0) is 17.5. The van der Waals surface area contributed by atoms with E-state index in [9.17, 15) is 18.3 Å². The van der Waals surface area contributed by atoms with Gasteiger partial charge in [0.2, 0.25) is 0 Å². The Balaban J connectivity index is 2.08. The monoisotopic (exact) mass is 351 g/mol. The summed E-state index contributed by atoms with van der Waals surface area (Å²) >= 11 is 0. The molecule has 0 fully saturated rings. The van der Waals surface area contributed by atoms with E-state index in [4.69, 9.17) is 4.74 Å². The molecular weight excluding hydrogens is 334 g/mol.